The summed E-state index contributed by atoms with van der Waals surface area (Å²) < 4.78 is 14.0. The highest BCUT2D eigenvalue weighted by atomic mass is 79.9. The molecule has 0 fully saturated rings. The average Bonchev–Trinajstić information content (AvgIpc) is 2.32. The van der Waals surface area contributed by atoms with Gasteiger partial charge >= 0.3 is 0 Å². The summed E-state index contributed by atoms with van der Waals surface area (Å²) in [4.78, 5) is 0. The second-order valence-corrected chi connectivity index (χ2v) is 6.78. The lowest BCUT2D eigenvalue weighted by Crippen LogP contribution is -2.39. The second kappa shape index (κ2) is 8.15. The molecular weight excluding hydrogens is 315 g/mol. The number of benzene rings is 1. The van der Waals surface area contributed by atoms with Crippen LogP contribution in [0.2, 0.25) is 0 Å². The Morgan fingerprint density at radius 3 is 2.72 bits per heavy atom. The zero-order chi connectivity index (χ0) is 13.5. The highest BCUT2D eigenvalue weighted by Gasteiger charge is 2.11. The third-order valence-corrected chi connectivity index (χ3v) is 4.75. The van der Waals surface area contributed by atoms with Crippen molar-refractivity contribution < 1.29 is 4.39 Å². The highest BCUT2D eigenvalue weighted by Crippen LogP contribution is 2.19. The number of halogens is 2. The van der Waals surface area contributed by atoms with Crippen LogP contribution in [0, 0.1) is 5.82 Å². The molecule has 0 bridgehead atoms. The molecule has 0 aliphatic rings. The molecule has 1 aromatic carbocycles. The van der Waals surface area contributed by atoms with Crippen LogP contribution in [0.15, 0.2) is 22.7 Å². The van der Waals surface area contributed by atoms with Gasteiger partial charge < -0.3 is 0 Å². The van der Waals surface area contributed by atoms with Crippen molar-refractivity contribution in [1.82, 2.24) is 5.43 Å². The van der Waals surface area contributed by atoms with E-state index in [4.69, 9.17) is 5.84 Å². The standard InChI is InChI=1S/C13H20BrFN2S/c1-3-9(2)18-8-13(17-16)6-10-4-11(14)7-12(15)5-10/h4-5,7,9,13,17H,3,6,8,16H2,1-2H3. The first-order valence-corrected chi connectivity index (χ1v) is 7.92. The van der Waals surface area contributed by atoms with Crippen LogP contribution in [-0.4, -0.2) is 17.0 Å². The molecule has 2 nitrogen and oxygen atoms in total. The Hall–Kier alpha value is -0.100. The average molecular weight is 335 g/mol. The third kappa shape index (κ3) is 5.69. The third-order valence-electron chi connectivity index (χ3n) is 2.80. The summed E-state index contributed by atoms with van der Waals surface area (Å²) in [5.74, 6) is 6.27. The first kappa shape index (κ1) is 16.0. The van der Waals surface area contributed by atoms with Crippen molar-refractivity contribution in [3.63, 3.8) is 0 Å². The summed E-state index contributed by atoms with van der Waals surface area (Å²) in [5, 5.41) is 0.625. The quantitative estimate of drug-likeness (QED) is 0.592. The first-order valence-electron chi connectivity index (χ1n) is 6.07. The number of nitrogens with two attached hydrogens (primary N) is 1. The first-order chi connectivity index (χ1) is 8.55. The van der Waals surface area contributed by atoms with Crippen molar-refractivity contribution >= 4 is 27.7 Å². The predicted molar refractivity (Wildman–Crippen MR) is 81.1 cm³/mol. The molecule has 0 spiro atoms. The molecule has 0 radical (unpaired) electrons. The fourth-order valence-electron chi connectivity index (χ4n) is 1.58. The maximum atomic E-state index is 13.3. The van der Waals surface area contributed by atoms with Crippen LogP contribution < -0.4 is 11.3 Å². The fourth-order valence-corrected chi connectivity index (χ4v) is 3.10. The molecule has 2 atom stereocenters. The molecule has 3 N–H and O–H groups in total. The maximum Gasteiger partial charge on any atom is 0.124 e. The Kier molecular flexibility index (Phi) is 7.22. The molecule has 0 saturated heterocycles. The maximum absolute atomic E-state index is 13.3. The highest BCUT2D eigenvalue weighted by molar-refractivity contribution is 9.10. The fraction of sp³-hybridized carbons (Fsp3) is 0.538. The molecule has 0 aliphatic carbocycles. The van der Waals surface area contributed by atoms with Crippen LogP contribution in [0.1, 0.15) is 25.8 Å². The summed E-state index contributed by atoms with van der Waals surface area (Å²) in [7, 11) is 0. The smallest absolute Gasteiger partial charge is 0.124 e. The van der Waals surface area contributed by atoms with Gasteiger partial charge in [0.1, 0.15) is 5.82 Å². The Morgan fingerprint density at radius 2 is 2.17 bits per heavy atom. The molecule has 1 rings (SSSR count). The van der Waals surface area contributed by atoms with Crippen molar-refractivity contribution in [1.29, 1.82) is 0 Å². The summed E-state index contributed by atoms with van der Waals surface area (Å²) >= 11 is 5.19. The van der Waals surface area contributed by atoms with Gasteiger partial charge in [-0.15, -0.1) is 0 Å². The summed E-state index contributed by atoms with van der Waals surface area (Å²) in [6.07, 6.45) is 1.88. The number of rotatable bonds is 7. The Labute approximate surface area is 121 Å². The van der Waals surface area contributed by atoms with Gasteiger partial charge in [0.05, 0.1) is 0 Å². The van der Waals surface area contributed by atoms with Crippen molar-refractivity contribution in [2.45, 2.75) is 38.0 Å². The molecule has 102 valence electrons. The van der Waals surface area contributed by atoms with E-state index in [1.165, 1.54) is 6.07 Å². The minimum Gasteiger partial charge on any atom is -0.271 e. The number of nitrogens with one attached hydrogen (secondary N) is 1. The van der Waals surface area contributed by atoms with E-state index in [1.54, 1.807) is 6.07 Å². The van der Waals surface area contributed by atoms with Crippen molar-refractivity contribution in [3.8, 4) is 0 Å². The van der Waals surface area contributed by atoms with Gasteiger partial charge in [0.25, 0.3) is 0 Å². The van der Waals surface area contributed by atoms with E-state index >= 15 is 0 Å². The van der Waals surface area contributed by atoms with Crippen LogP contribution >= 0.6 is 27.7 Å². The van der Waals surface area contributed by atoms with Gasteiger partial charge in [-0.1, -0.05) is 29.8 Å². The minimum absolute atomic E-state index is 0.165. The van der Waals surface area contributed by atoms with Gasteiger partial charge in [-0.05, 0) is 36.6 Å². The molecule has 0 amide bonds. The summed E-state index contributed by atoms with van der Waals surface area (Å²) in [6.45, 7) is 4.38. The lowest BCUT2D eigenvalue weighted by atomic mass is 10.1. The van der Waals surface area contributed by atoms with Gasteiger partial charge in [-0.2, -0.15) is 11.8 Å². The van der Waals surface area contributed by atoms with Crippen LogP contribution in [0.5, 0.6) is 0 Å². The van der Waals surface area contributed by atoms with Crippen LogP contribution in [0.25, 0.3) is 0 Å². The number of hydrogen-bond acceptors (Lipinski definition) is 3. The molecule has 2 unspecified atom stereocenters. The van der Waals surface area contributed by atoms with Crippen LogP contribution in [0.4, 0.5) is 4.39 Å². The van der Waals surface area contributed by atoms with Gasteiger partial charge in [0.2, 0.25) is 0 Å². The zero-order valence-corrected chi connectivity index (χ0v) is 13.2. The normalized spacial score (nSPS) is 14.5. The Balaban J connectivity index is 2.56. The van der Waals surface area contributed by atoms with E-state index in [1.807, 2.05) is 17.8 Å². The topological polar surface area (TPSA) is 38.0 Å². The van der Waals surface area contributed by atoms with Crippen molar-refractivity contribution in [2.75, 3.05) is 5.75 Å². The number of hydrazine groups is 1. The molecule has 0 heterocycles. The molecular formula is C13H20BrFN2S. The molecule has 5 heteroatoms. The SMILES string of the molecule is CCC(C)SCC(Cc1cc(F)cc(Br)c1)NN. The monoisotopic (exact) mass is 334 g/mol. The van der Waals surface area contributed by atoms with E-state index < -0.39 is 0 Å². The van der Waals surface area contributed by atoms with Gasteiger partial charge in [0, 0.05) is 21.5 Å². The second-order valence-electron chi connectivity index (χ2n) is 4.40. The lowest BCUT2D eigenvalue weighted by Gasteiger charge is -2.18. The van der Waals surface area contributed by atoms with Crippen LogP contribution in [-0.2, 0) is 6.42 Å². The van der Waals surface area contributed by atoms with Crippen molar-refractivity contribution in [2.24, 2.45) is 5.84 Å². The van der Waals surface area contributed by atoms with Gasteiger partial charge in [0.15, 0.2) is 0 Å². The lowest BCUT2D eigenvalue weighted by molar-refractivity contribution is 0.569. The summed E-state index contributed by atoms with van der Waals surface area (Å²) in [6, 6.07) is 5.12. The zero-order valence-electron chi connectivity index (χ0n) is 10.7. The molecule has 0 saturated carbocycles. The predicted octanol–water partition coefficient (Wildman–Crippen LogP) is 3.49. The number of thioether (sulfide) groups is 1. The van der Waals surface area contributed by atoms with E-state index in [0.29, 0.717) is 5.25 Å². The van der Waals surface area contributed by atoms with E-state index in [9.17, 15) is 4.39 Å². The van der Waals surface area contributed by atoms with Crippen LogP contribution in [0.3, 0.4) is 0 Å². The molecule has 0 aromatic heterocycles. The van der Waals surface area contributed by atoms with Gasteiger partial charge in [-0.3, -0.25) is 11.3 Å². The molecule has 1 aromatic rings. The number of hydrogen-bond donors (Lipinski definition) is 2. The van der Waals surface area contributed by atoms with E-state index in [2.05, 4.69) is 35.2 Å². The largest absolute Gasteiger partial charge is 0.271 e. The molecule has 18 heavy (non-hydrogen) atoms. The Bertz CT molecular complexity index is 356. The van der Waals surface area contributed by atoms with Gasteiger partial charge in [-0.25, -0.2) is 4.39 Å². The molecule has 0 aliphatic heterocycles. The van der Waals surface area contributed by atoms with E-state index in [-0.39, 0.29) is 11.9 Å². The minimum atomic E-state index is -0.218. The Morgan fingerprint density at radius 1 is 1.44 bits per heavy atom. The van der Waals surface area contributed by atoms with E-state index in [0.717, 1.165) is 28.6 Å². The summed E-state index contributed by atoms with van der Waals surface area (Å²) in [5.41, 5.74) is 3.76. The van der Waals surface area contributed by atoms with Crippen molar-refractivity contribution in [3.05, 3.63) is 34.1 Å².